The van der Waals surface area contributed by atoms with Crippen molar-refractivity contribution in [3.8, 4) is 5.75 Å². The van der Waals surface area contributed by atoms with Crippen LogP contribution in [-0.2, 0) is 11.2 Å². The summed E-state index contributed by atoms with van der Waals surface area (Å²) in [5.41, 5.74) is 2.09. The molecule has 1 fully saturated rings. The minimum absolute atomic E-state index is 0.210. The van der Waals surface area contributed by atoms with E-state index in [9.17, 15) is 4.79 Å². The number of aliphatic hydroxyl groups is 1. The third-order valence-corrected chi connectivity index (χ3v) is 5.66. The summed E-state index contributed by atoms with van der Waals surface area (Å²) >= 11 is 0. The van der Waals surface area contributed by atoms with E-state index >= 15 is 0 Å². The van der Waals surface area contributed by atoms with Gasteiger partial charge in [0.15, 0.2) is 0 Å². The van der Waals surface area contributed by atoms with Crippen molar-refractivity contribution < 1.29 is 14.6 Å². The molecular weight excluding hydrogens is 338 g/mol. The molecule has 0 bridgehead atoms. The van der Waals surface area contributed by atoms with Crippen LogP contribution >= 0.6 is 0 Å². The van der Waals surface area contributed by atoms with Crippen molar-refractivity contribution in [2.45, 2.75) is 79.6 Å². The number of nitrogens with zero attached hydrogens (tertiary/aromatic N) is 1. The predicted octanol–water partition coefficient (Wildman–Crippen LogP) is 5.14. The van der Waals surface area contributed by atoms with Crippen molar-refractivity contribution in [2.75, 3.05) is 13.2 Å². The second-order valence-electron chi connectivity index (χ2n) is 7.99. The van der Waals surface area contributed by atoms with Gasteiger partial charge in [-0.1, -0.05) is 33.6 Å². The lowest BCUT2D eigenvalue weighted by atomic mass is 9.69. The molecule has 2 rings (SSSR count). The topological polar surface area (TPSA) is 59.4 Å². The van der Waals surface area contributed by atoms with E-state index in [0.717, 1.165) is 54.7 Å². The summed E-state index contributed by atoms with van der Waals surface area (Å²) in [7, 11) is 0. The van der Waals surface area contributed by atoms with Gasteiger partial charge in [0.1, 0.15) is 11.5 Å². The quantitative estimate of drug-likeness (QED) is 0.573. The van der Waals surface area contributed by atoms with Gasteiger partial charge in [-0.05, 0) is 68.9 Å². The lowest BCUT2D eigenvalue weighted by Gasteiger charge is -2.37. The molecule has 27 heavy (non-hydrogen) atoms. The molecule has 1 aromatic rings. The van der Waals surface area contributed by atoms with Gasteiger partial charge < -0.3 is 14.6 Å². The molecule has 0 saturated heterocycles. The van der Waals surface area contributed by atoms with E-state index in [0.29, 0.717) is 18.9 Å². The summed E-state index contributed by atoms with van der Waals surface area (Å²) in [6.07, 6.45) is 9.08. The fraction of sp³-hybridized carbons (Fsp3) is 0.739. The van der Waals surface area contributed by atoms with Gasteiger partial charge in [-0.2, -0.15) is 0 Å². The summed E-state index contributed by atoms with van der Waals surface area (Å²) in [6, 6.07) is 2.00. The number of hydrogen-bond donors (Lipinski definition) is 1. The van der Waals surface area contributed by atoms with Crippen molar-refractivity contribution in [1.29, 1.82) is 0 Å². The molecule has 1 heterocycles. The van der Waals surface area contributed by atoms with Crippen LogP contribution in [0.5, 0.6) is 5.75 Å². The first-order valence-electron chi connectivity index (χ1n) is 10.6. The van der Waals surface area contributed by atoms with E-state index in [4.69, 9.17) is 9.84 Å². The zero-order valence-corrected chi connectivity index (χ0v) is 18.0. The molecule has 4 nitrogen and oxygen atoms in total. The Balaban J connectivity index is 0.000000309. The third-order valence-electron chi connectivity index (χ3n) is 5.66. The molecule has 0 spiro atoms. The van der Waals surface area contributed by atoms with Gasteiger partial charge in [0.25, 0.3) is 0 Å². The molecule has 0 aromatic carbocycles. The molecule has 1 atom stereocenters. The van der Waals surface area contributed by atoms with Crippen LogP contribution in [0, 0.1) is 24.7 Å². The molecule has 0 amide bonds. The number of ether oxygens (including phenoxy) is 1. The summed E-state index contributed by atoms with van der Waals surface area (Å²) in [6.45, 7) is 11.4. The zero-order valence-electron chi connectivity index (χ0n) is 18.0. The molecular formula is C23H39NO3. The Hall–Kier alpha value is -1.42. The number of ketones is 1. The van der Waals surface area contributed by atoms with Gasteiger partial charge in [-0.25, -0.2) is 0 Å². The smallest absolute Gasteiger partial charge is 0.137 e. The Labute approximate surface area is 165 Å². The van der Waals surface area contributed by atoms with Gasteiger partial charge >= 0.3 is 0 Å². The Kier molecular flexibility index (Phi) is 11.3. The Bertz CT molecular complexity index is 553. The SMILES string of the molecule is CCC(C)C1CC(CO)C1.CCCCOc1cnc(C)c(CCC(C)=O)c1. The lowest BCUT2D eigenvalue weighted by molar-refractivity contribution is -0.116. The van der Waals surface area contributed by atoms with Crippen molar-refractivity contribution in [2.24, 2.45) is 17.8 Å². The Morgan fingerprint density at radius 1 is 1.37 bits per heavy atom. The number of aromatic nitrogens is 1. The average Bonchev–Trinajstić information content (AvgIpc) is 2.61. The number of aliphatic hydroxyl groups excluding tert-OH is 1. The first-order valence-corrected chi connectivity index (χ1v) is 10.6. The monoisotopic (exact) mass is 377 g/mol. The number of Topliss-reactive ketones (excluding diaryl/α,β-unsaturated/α-hetero) is 1. The van der Waals surface area contributed by atoms with E-state index in [2.05, 4.69) is 25.8 Å². The zero-order chi connectivity index (χ0) is 20.2. The largest absolute Gasteiger partial charge is 0.492 e. The first kappa shape index (κ1) is 23.6. The fourth-order valence-corrected chi connectivity index (χ4v) is 3.27. The molecule has 1 aliphatic carbocycles. The number of aryl methyl sites for hydroxylation is 2. The average molecular weight is 378 g/mol. The number of rotatable bonds is 10. The van der Waals surface area contributed by atoms with Crippen molar-refractivity contribution in [3.05, 3.63) is 23.5 Å². The van der Waals surface area contributed by atoms with E-state index in [1.165, 1.54) is 19.3 Å². The molecule has 1 N–H and O–H groups in total. The highest BCUT2D eigenvalue weighted by molar-refractivity contribution is 5.75. The van der Waals surface area contributed by atoms with E-state index in [1.807, 2.05) is 13.0 Å². The molecule has 0 radical (unpaired) electrons. The van der Waals surface area contributed by atoms with Crippen molar-refractivity contribution >= 4 is 5.78 Å². The highest BCUT2D eigenvalue weighted by Gasteiger charge is 2.31. The van der Waals surface area contributed by atoms with Crippen LogP contribution < -0.4 is 4.74 Å². The summed E-state index contributed by atoms with van der Waals surface area (Å²) < 4.78 is 5.60. The van der Waals surface area contributed by atoms with Gasteiger partial charge in [0, 0.05) is 18.7 Å². The molecule has 1 aromatic heterocycles. The molecule has 0 aliphatic heterocycles. The fourth-order valence-electron chi connectivity index (χ4n) is 3.27. The van der Waals surface area contributed by atoms with Gasteiger partial charge in [-0.3, -0.25) is 4.98 Å². The lowest BCUT2D eigenvalue weighted by Crippen LogP contribution is -2.30. The summed E-state index contributed by atoms with van der Waals surface area (Å²) in [4.78, 5) is 15.3. The maximum Gasteiger partial charge on any atom is 0.137 e. The van der Waals surface area contributed by atoms with E-state index < -0.39 is 0 Å². The van der Waals surface area contributed by atoms with Crippen LogP contribution in [-0.4, -0.2) is 29.1 Å². The third kappa shape index (κ3) is 8.87. The molecule has 1 aliphatic rings. The minimum atomic E-state index is 0.210. The van der Waals surface area contributed by atoms with Crippen molar-refractivity contribution in [1.82, 2.24) is 4.98 Å². The first-order chi connectivity index (χ1) is 12.9. The van der Waals surface area contributed by atoms with Crippen LogP contribution in [0.3, 0.4) is 0 Å². The second kappa shape index (κ2) is 12.9. The Morgan fingerprint density at radius 3 is 2.63 bits per heavy atom. The predicted molar refractivity (Wildman–Crippen MR) is 111 cm³/mol. The summed E-state index contributed by atoms with van der Waals surface area (Å²) in [5.74, 6) is 3.45. The van der Waals surface area contributed by atoms with Crippen LogP contribution in [0.25, 0.3) is 0 Å². The van der Waals surface area contributed by atoms with E-state index in [1.54, 1.807) is 13.1 Å². The Morgan fingerprint density at radius 2 is 2.07 bits per heavy atom. The number of carbonyl (C=O) groups excluding carboxylic acids is 1. The highest BCUT2D eigenvalue weighted by Crippen LogP contribution is 2.39. The van der Waals surface area contributed by atoms with E-state index in [-0.39, 0.29) is 5.78 Å². The number of hydrogen-bond acceptors (Lipinski definition) is 4. The normalized spacial score (nSPS) is 19.5. The van der Waals surface area contributed by atoms with Crippen LogP contribution in [0.2, 0.25) is 0 Å². The van der Waals surface area contributed by atoms with Crippen LogP contribution in [0.15, 0.2) is 12.3 Å². The van der Waals surface area contributed by atoms with Gasteiger partial charge in [0.05, 0.1) is 12.8 Å². The summed E-state index contributed by atoms with van der Waals surface area (Å²) in [5, 5.41) is 8.76. The minimum Gasteiger partial charge on any atom is -0.492 e. The van der Waals surface area contributed by atoms with Gasteiger partial charge in [0.2, 0.25) is 0 Å². The van der Waals surface area contributed by atoms with Gasteiger partial charge in [-0.15, -0.1) is 0 Å². The molecule has 1 saturated carbocycles. The number of carbonyl (C=O) groups is 1. The maximum atomic E-state index is 11.0. The van der Waals surface area contributed by atoms with Crippen LogP contribution in [0.4, 0.5) is 0 Å². The van der Waals surface area contributed by atoms with Crippen molar-refractivity contribution in [3.63, 3.8) is 0 Å². The molecule has 154 valence electrons. The molecule has 1 unspecified atom stereocenters. The number of unbranched alkanes of at least 4 members (excludes halogenated alkanes) is 1. The second-order valence-corrected chi connectivity index (χ2v) is 7.99. The molecule has 4 heteroatoms. The highest BCUT2D eigenvalue weighted by atomic mass is 16.5. The number of pyridine rings is 1. The maximum absolute atomic E-state index is 11.0. The standard InChI is InChI=1S/C14H21NO2.C9H18O/c1-4-5-8-17-14-9-13(7-6-11(2)16)12(3)15-10-14;1-3-7(2)9-4-8(5-9)6-10/h9-10H,4-8H2,1-3H3;7-10H,3-6H2,1-2H3. The van der Waals surface area contributed by atoms with Crippen LogP contribution in [0.1, 0.15) is 77.5 Å².